The standard InChI is InChI=1S/C14H15NO3/c1-4-5-10-11-6-7-15(14(16)17)13(11)9(2)8-12(10)18-3/h4-8H,1-3H3,(H,16,17). The summed E-state index contributed by atoms with van der Waals surface area (Å²) in [6.45, 7) is 3.79. The molecule has 4 heteroatoms. The number of aromatic nitrogens is 1. The van der Waals surface area contributed by atoms with Crippen molar-refractivity contribution in [3.05, 3.63) is 35.5 Å². The number of carboxylic acid groups (broad SMARTS) is 1. The van der Waals surface area contributed by atoms with E-state index in [1.165, 1.54) is 4.57 Å². The van der Waals surface area contributed by atoms with E-state index in [1.807, 2.05) is 32.1 Å². The van der Waals surface area contributed by atoms with Gasteiger partial charge in [0.25, 0.3) is 0 Å². The Hall–Kier alpha value is -2.23. The minimum Gasteiger partial charge on any atom is -0.496 e. The van der Waals surface area contributed by atoms with Gasteiger partial charge < -0.3 is 9.84 Å². The van der Waals surface area contributed by atoms with Gasteiger partial charge in [-0.25, -0.2) is 4.79 Å². The summed E-state index contributed by atoms with van der Waals surface area (Å²) in [4.78, 5) is 11.2. The Kier molecular flexibility index (Phi) is 3.10. The molecule has 18 heavy (non-hydrogen) atoms. The summed E-state index contributed by atoms with van der Waals surface area (Å²) in [7, 11) is 1.61. The first kappa shape index (κ1) is 12.2. The highest BCUT2D eigenvalue weighted by Gasteiger charge is 2.15. The summed E-state index contributed by atoms with van der Waals surface area (Å²) in [6.07, 6.45) is 4.41. The summed E-state index contributed by atoms with van der Waals surface area (Å²) in [5, 5.41) is 10.0. The number of hydrogen-bond acceptors (Lipinski definition) is 2. The third kappa shape index (κ3) is 1.76. The van der Waals surface area contributed by atoms with Crippen molar-refractivity contribution in [2.75, 3.05) is 7.11 Å². The van der Waals surface area contributed by atoms with Gasteiger partial charge >= 0.3 is 6.09 Å². The summed E-state index contributed by atoms with van der Waals surface area (Å²) in [5.41, 5.74) is 2.49. The third-order valence-electron chi connectivity index (χ3n) is 2.92. The summed E-state index contributed by atoms with van der Waals surface area (Å²) in [5.74, 6) is 0.751. The van der Waals surface area contributed by atoms with Crippen molar-refractivity contribution < 1.29 is 14.6 Å². The van der Waals surface area contributed by atoms with Gasteiger partial charge in [-0.15, -0.1) is 0 Å². The molecule has 0 unspecified atom stereocenters. The molecule has 1 aromatic heterocycles. The second-order valence-corrected chi connectivity index (χ2v) is 4.04. The molecule has 0 saturated heterocycles. The fraction of sp³-hybridized carbons (Fsp3) is 0.214. The smallest absolute Gasteiger partial charge is 0.416 e. The van der Waals surface area contributed by atoms with E-state index in [2.05, 4.69) is 0 Å². The monoisotopic (exact) mass is 245 g/mol. The molecule has 4 nitrogen and oxygen atoms in total. The molecule has 0 atom stereocenters. The topological polar surface area (TPSA) is 51.5 Å². The minimum absolute atomic E-state index is 0.705. The van der Waals surface area contributed by atoms with Gasteiger partial charge in [0.2, 0.25) is 0 Å². The third-order valence-corrected chi connectivity index (χ3v) is 2.92. The van der Waals surface area contributed by atoms with Gasteiger partial charge in [0.15, 0.2) is 0 Å². The van der Waals surface area contributed by atoms with E-state index in [0.29, 0.717) is 5.52 Å². The molecule has 0 aliphatic heterocycles. The SMILES string of the molecule is CC=Cc1c(OC)cc(C)c2c1ccn2C(=O)O. The lowest BCUT2D eigenvalue weighted by Crippen LogP contribution is -2.06. The van der Waals surface area contributed by atoms with E-state index < -0.39 is 6.09 Å². The molecule has 94 valence electrons. The van der Waals surface area contributed by atoms with Crippen LogP contribution in [-0.4, -0.2) is 22.9 Å². The fourth-order valence-corrected chi connectivity index (χ4v) is 2.19. The van der Waals surface area contributed by atoms with Crippen LogP contribution in [0.15, 0.2) is 24.4 Å². The molecule has 0 aliphatic rings. The number of aryl methyl sites for hydroxylation is 1. The Bertz CT molecular complexity index is 638. The van der Waals surface area contributed by atoms with Crippen LogP contribution in [0.5, 0.6) is 5.75 Å². The average Bonchev–Trinajstić information content (AvgIpc) is 2.77. The van der Waals surface area contributed by atoms with E-state index in [1.54, 1.807) is 19.4 Å². The van der Waals surface area contributed by atoms with Crippen LogP contribution in [-0.2, 0) is 0 Å². The summed E-state index contributed by atoms with van der Waals surface area (Å²) >= 11 is 0. The maximum Gasteiger partial charge on any atom is 0.416 e. The number of ether oxygens (including phenoxy) is 1. The van der Waals surface area contributed by atoms with E-state index in [-0.39, 0.29) is 0 Å². The molecule has 0 radical (unpaired) electrons. The number of benzene rings is 1. The number of carbonyl (C=O) groups is 1. The van der Waals surface area contributed by atoms with Crippen LogP contribution in [0.3, 0.4) is 0 Å². The highest BCUT2D eigenvalue weighted by Crippen LogP contribution is 2.32. The lowest BCUT2D eigenvalue weighted by Gasteiger charge is -2.10. The van der Waals surface area contributed by atoms with Crippen molar-refractivity contribution in [3.8, 4) is 5.75 Å². The number of hydrogen-bond donors (Lipinski definition) is 1. The van der Waals surface area contributed by atoms with Gasteiger partial charge in [0.1, 0.15) is 5.75 Å². The maximum absolute atomic E-state index is 11.2. The zero-order valence-corrected chi connectivity index (χ0v) is 10.6. The lowest BCUT2D eigenvalue weighted by atomic mass is 10.0. The van der Waals surface area contributed by atoms with Crippen molar-refractivity contribution in [3.63, 3.8) is 0 Å². The van der Waals surface area contributed by atoms with Gasteiger partial charge in [0, 0.05) is 17.1 Å². The van der Waals surface area contributed by atoms with E-state index in [9.17, 15) is 4.79 Å². The first-order valence-electron chi connectivity index (χ1n) is 5.64. The van der Waals surface area contributed by atoms with Crippen molar-refractivity contribution in [2.45, 2.75) is 13.8 Å². The predicted molar refractivity (Wildman–Crippen MR) is 71.4 cm³/mol. The molecule has 2 aromatic rings. The Balaban J connectivity index is 2.88. The molecule has 0 spiro atoms. The zero-order chi connectivity index (χ0) is 13.3. The Morgan fingerprint density at radius 2 is 2.22 bits per heavy atom. The second kappa shape index (κ2) is 4.56. The number of nitrogens with zero attached hydrogens (tertiary/aromatic N) is 1. The number of methoxy groups -OCH3 is 1. The van der Waals surface area contributed by atoms with Crippen LogP contribution in [0.2, 0.25) is 0 Å². The highest BCUT2D eigenvalue weighted by molar-refractivity contribution is 5.98. The molecule has 0 aliphatic carbocycles. The van der Waals surface area contributed by atoms with Crippen molar-refractivity contribution in [2.24, 2.45) is 0 Å². The van der Waals surface area contributed by atoms with Crippen LogP contribution in [0.1, 0.15) is 18.1 Å². The fourth-order valence-electron chi connectivity index (χ4n) is 2.19. The summed E-state index contributed by atoms with van der Waals surface area (Å²) in [6, 6.07) is 3.66. The largest absolute Gasteiger partial charge is 0.496 e. The Morgan fingerprint density at radius 1 is 1.50 bits per heavy atom. The van der Waals surface area contributed by atoms with Crippen LogP contribution in [0.25, 0.3) is 17.0 Å². The quantitative estimate of drug-likeness (QED) is 0.880. The number of fused-ring (bicyclic) bond motifs is 1. The van der Waals surface area contributed by atoms with E-state index in [4.69, 9.17) is 9.84 Å². The van der Waals surface area contributed by atoms with Crippen molar-refractivity contribution in [1.82, 2.24) is 4.57 Å². The van der Waals surface area contributed by atoms with E-state index >= 15 is 0 Å². The highest BCUT2D eigenvalue weighted by atomic mass is 16.5. The van der Waals surface area contributed by atoms with Crippen LogP contribution in [0, 0.1) is 6.92 Å². The molecular formula is C14H15NO3. The normalized spacial score (nSPS) is 11.3. The first-order valence-corrected chi connectivity index (χ1v) is 5.64. The van der Waals surface area contributed by atoms with Gasteiger partial charge in [-0.2, -0.15) is 0 Å². The molecule has 0 saturated carbocycles. The van der Waals surface area contributed by atoms with Gasteiger partial charge in [-0.05, 0) is 31.5 Å². The Labute approximate surface area is 105 Å². The average molecular weight is 245 g/mol. The van der Waals surface area contributed by atoms with Crippen LogP contribution in [0.4, 0.5) is 4.79 Å². The van der Waals surface area contributed by atoms with Crippen LogP contribution >= 0.6 is 0 Å². The second-order valence-electron chi connectivity index (χ2n) is 4.04. The lowest BCUT2D eigenvalue weighted by molar-refractivity contribution is 0.197. The minimum atomic E-state index is -0.982. The Morgan fingerprint density at radius 3 is 2.78 bits per heavy atom. The van der Waals surface area contributed by atoms with Crippen molar-refractivity contribution >= 4 is 23.1 Å². The van der Waals surface area contributed by atoms with Gasteiger partial charge in [0.05, 0.1) is 12.6 Å². The molecule has 1 heterocycles. The first-order chi connectivity index (χ1) is 8.60. The number of allylic oxidation sites excluding steroid dienone is 1. The molecule has 0 bridgehead atoms. The zero-order valence-electron chi connectivity index (χ0n) is 10.6. The molecule has 0 fully saturated rings. The molecular weight excluding hydrogens is 230 g/mol. The molecule has 2 rings (SSSR count). The number of rotatable bonds is 2. The molecule has 1 aromatic carbocycles. The maximum atomic E-state index is 11.2. The van der Waals surface area contributed by atoms with Crippen molar-refractivity contribution in [1.29, 1.82) is 0 Å². The van der Waals surface area contributed by atoms with E-state index in [0.717, 1.165) is 22.3 Å². The van der Waals surface area contributed by atoms with Gasteiger partial charge in [-0.1, -0.05) is 12.2 Å². The molecule has 1 N–H and O–H groups in total. The van der Waals surface area contributed by atoms with Crippen LogP contribution < -0.4 is 4.74 Å². The molecule has 0 amide bonds. The van der Waals surface area contributed by atoms with Gasteiger partial charge in [-0.3, -0.25) is 4.57 Å². The summed E-state index contributed by atoms with van der Waals surface area (Å²) < 4.78 is 6.58. The predicted octanol–water partition coefficient (Wildman–Crippen LogP) is 3.52.